The molecule has 4 nitrogen and oxygen atoms in total. The van der Waals surface area contributed by atoms with E-state index in [9.17, 15) is 21.6 Å². The molecule has 0 aromatic heterocycles. The number of hydrogen-bond donors (Lipinski definition) is 2. The van der Waals surface area contributed by atoms with E-state index < -0.39 is 21.8 Å². The number of hydrogen-bond acceptors (Lipinski definition) is 3. The zero-order chi connectivity index (χ0) is 16.5. The predicted octanol–water partition coefficient (Wildman–Crippen LogP) is 3.33. The Hall–Kier alpha value is -2.22. The monoisotopic (exact) mass is 330 g/mol. The summed E-state index contributed by atoms with van der Waals surface area (Å²) >= 11 is 0. The van der Waals surface area contributed by atoms with E-state index in [2.05, 4.69) is 4.72 Å². The van der Waals surface area contributed by atoms with Crippen LogP contribution in [0.3, 0.4) is 0 Å². The van der Waals surface area contributed by atoms with Gasteiger partial charge in [0.05, 0.1) is 11.8 Å². The Labute approximate surface area is 125 Å². The lowest BCUT2D eigenvalue weighted by atomic mass is 10.0. The lowest BCUT2D eigenvalue weighted by molar-refractivity contribution is -0.137. The Kier molecular flexibility index (Phi) is 4.06. The molecule has 118 valence electrons. The number of alkyl halides is 3. The molecule has 0 aliphatic rings. The maximum Gasteiger partial charge on any atom is 0.416 e. The number of rotatable bonds is 3. The predicted molar refractivity (Wildman–Crippen MR) is 79.8 cm³/mol. The first kappa shape index (κ1) is 16.2. The molecular formula is C14H13F3N2O2S. The van der Waals surface area contributed by atoms with Crippen LogP contribution in [-0.4, -0.2) is 14.7 Å². The van der Waals surface area contributed by atoms with E-state index >= 15 is 0 Å². The van der Waals surface area contributed by atoms with Crippen molar-refractivity contribution < 1.29 is 21.6 Å². The van der Waals surface area contributed by atoms with Crippen LogP contribution in [0.2, 0.25) is 0 Å². The maximum atomic E-state index is 12.6. The van der Waals surface area contributed by atoms with Gasteiger partial charge in [-0.15, -0.1) is 0 Å². The van der Waals surface area contributed by atoms with Crippen molar-refractivity contribution in [3.05, 3.63) is 48.0 Å². The van der Waals surface area contributed by atoms with Crippen molar-refractivity contribution in [3.63, 3.8) is 0 Å². The van der Waals surface area contributed by atoms with Crippen molar-refractivity contribution in [2.24, 2.45) is 0 Å². The fourth-order valence-corrected chi connectivity index (χ4v) is 2.50. The topological polar surface area (TPSA) is 72.2 Å². The van der Waals surface area contributed by atoms with Gasteiger partial charge in [-0.2, -0.15) is 13.2 Å². The molecule has 0 heterocycles. The molecule has 2 aromatic rings. The zero-order valence-corrected chi connectivity index (χ0v) is 12.3. The van der Waals surface area contributed by atoms with Gasteiger partial charge in [-0.25, -0.2) is 8.42 Å². The van der Waals surface area contributed by atoms with E-state index in [1.807, 2.05) is 0 Å². The summed E-state index contributed by atoms with van der Waals surface area (Å²) in [4.78, 5) is 0. The second kappa shape index (κ2) is 5.53. The van der Waals surface area contributed by atoms with E-state index in [0.717, 1.165) is 18.4 Å². The van der Waals surface area contributed by atoms with Gasteiger partial charge in [0.1, 0.15) is 0 Å². The minimum atomic E-state index is -4.45. The van der Waals surface area contributed by atoms with Gasteiger partial charge in [-0.3, -0.25) is 4.72 Å². The van der Waals surface area contributed by atoms with Crippen LogP contribution in [0.15, 0.2) is 42.5 Å². The summed E-state index contributed by atoms with van der Waals surface area (Å²) in [5.41, 5.74) is 6.25. The quantitative estimate of drug-likeness (QED) is 0.848. The van der Waals surface area contributed by atoms with Crippen molar-refractivity contribution in [2.45, 2.75) is 6.18 Å². The highest BCUT2D eigenvalue weighted by Gasteiger charge is 2.30. The van der Waals surface area contributed by atoms with Gasteiger partial charge < -0.3 is 5.73 Å². The summed E-state index contributed by atoms with van der Waals surface area (Å²) in [6.07, 6.45) is -3.43. The first-order chi connectivity index (χ1) is 10.1. The summed E-state index contributed by atoms with van der Waals surface area (Å²) < 4.78 is 62.3. The number of sulfonamides is 1. The van der Waals surface area contributed by atoms with Crippen LogP contribution in [0, 0.1) is 0 Å². The van der Waals surface area contributed by atoms with Crippen LogP contribution < -0.4 is 10.5 Å². The molecule has 2 aromatic carbocycles. The summed E-state index contributed by atoms with van der Waals surface area (Å²) in [6, 6.07) is 9.28. The van der Waals surface area contributed by atoms with Crippen LogP contribution in [0.25, 0.3) is 11.1 Å². The molecule has 3 N–H and O–H groups in total. The van der Waals surface area contributed by atoms with Gasteiger partial charge in [0, 0.05) is 16.9 Å². The molecule has 0 aliphatic heterocycles. The molecule has 0 saturated heterocycles. The van der Waals surface area contributed by atoms with Crippen LogP contribution >= 0.6 is 0 Å². The Balaban J connectivity index is 2.33. The number of nitrogen functional groups attached to an aromatic ring is 1. The molecule has 2 rings (SSSR count). The number of nitrogens with two attached hydrogens (primary N) is 1. The average molecular weight is 330 g/mol. The minimum absolute atomic E-state index is 0.00125. The summed E-state index contributed by atoms with van der Waals surface area (Å²) in [6.45, 7) is 0. The summed E-state index contributed by atoms with van der Waals surface area (Å²) in [5.74, 6) is 0. The summed E-state index contributed by atoms with van der Waals surface area (Å²) in [5, 5.41) is 0. The van der Waals surface area contributed by atoms with Crippen molar-refractivity contribution in [3.8, 4) is 11.1 Å². The molecule has 8 heteroatoms. The van der Waals surface area contributed by atoms with Gasteiger partial charge >= 0.3 is 6.18 Å². The minimum Gasteiger partial charge on any atom is -0.398 e. The number of anilines is 2. The number of benzene rings is 2. The third-order valence-corrected chi connectivity index (χ3v) is 3.48. The molecule has 0 amide bonds. The first-order valence-electron chi connectivity index (χ1n) is 6.11. The van der Waals surface area contributed by atoms with E-state index in [1.54, 1.807) is 12.1 Å². The Bertz CT molecular complexity index is 785. The fourth-order valence-electron chi connectivity index (χ4n) is 1.93. The van der Waals surface area contributed by atoms with Gasteiger partial charge in [0.15, 0.2) is 0 Å². The Morgan fingerprint density at radius 1 is 1.05 bits per heavy atom. The maximum absolute atomic E-state index is 12.6. The van der Waals surface area contributed by atoms with Crippen LogP contribution in [0.5, 0.6) is 0 Å². The molecule has 0 unspecified atom stereocenters. The smallest absolute Gasteiger partial charge is 0.398 e. The lowest BCUT2D eigenvalue weighted by Gasteiger charge is -2.11. The Morgan fingerprint density at radius 3 is 2.09 bits per heavy atom. The third-order valence-electron chi connectivity index (χ3n) is 2.88. The van der Waals surface area contributed by atoms with E-state index in [4.69, 9.17) is 5.73 Å². The van der Waals surface area contributed by atoms with E-state index in [-0.39, 0.29) is 5.69 Å². The van der Waals surface area contributed by atoms with Crippen molar-refractivity contribution in [1.82, 2.24) is 0 Å². The number of nitrogens with one attached hydrogen (secondary N) is 1. The summed E-state index contributed by atoms with van der Waals surface area (Å²) in [7, 11) is -3.38. The Morgan fingerprint density at radius 2 is 1.64 bits per heavy atom. The van der Waals surface area contributed by atoms with Crippen molar-refractivity contribution >= 4 is 21.4 Å². The highest BCUT2D eigenvalue weighted by molar-refractivity contribution is 7.92. The van der Waals surface area contributed by atoms with Crippen LogP contribution in [0.4, 0.5) is 24.5 Å². The lowest BCUT2D eigenvalue weighted by Crippen LogP contribution is -2.09. The molecule has 0 atom stereocenters. The van der Waals surface area contributed by atoms with Gasteiger partial charge in [-0.05, 0) is 29.8 Å². The molecule has 22 heavy (non-hydrogen) atoms. The third kappa shape index (κ3) is 3.91. The second-order valence-corrected chi connectivity index (χ2v) is 6.50. The highest BCUT2D eigenvalue weighted by atomic mass is 32.2. The van der Waals surface area contributed by atoms with Gasteiger partial charge in [0.2, 0.25) is 10.0 Å². The van der Waals surface area contributed by atoms with E-state index in [1.165, 1.54) is 18.2 Å². The fraction of sp³-hybridized carbons (Fsp3) is 0.143. The molecule has 0 saturated carbocycles. The molecule has 0 radical (unpaired) electrons. The largest absolute Gasteiger partial charge is 0.416 e. The molecular weight excluding hydrogens is 317 g/mol. The van der Waals surface area contributed by atoms with Crippen molar-refractivity contribution in [1.29, 1.82) is 0 Å². The van der Waals surface area contributed by atoms with Crippen LogP contribution in [-0.2, 0) is 16.2 Å². The molecule has 0 fully saturated rings. The average Bonchev–Trinajstić information content (AvgIpc) is 2.37. The van der Waals surface area contributed by atoms with Gasteiger partial charge in [-0.1, -0.05) is 18.2 Å². The molecule has 0 spiro atoms. The normalized spacial score (nSPS) is 12.2. The highest BCUT2D eigenvalue weighted by Crippen LogP contribution is 2.34. The first-order valence-corrected chi connectivity index (χ1v) is 8.00. The van der Waals surface area contributed by atoms with E-state index in [0.29, 0.717) is 16.8 Å². The standard InChI is InChI=1S/C14H13F3N2O2S/c1-22(20,21)19-11-5-2-9(3-6-11)12-7-4-10(8-13(12)18)14(15,16)17/h2-8,19H,18H2,1H3. The SMILES string of the molecule is CS(=O)(=O)Nc1ccc(-c2ccc(C(F)(F)F)cc2N)cc1. The molecule has 0 aliphatic carbocycles. The van der Waals surface area contributed by atoms with Gasteiger partial charge in [0.25, 0.3) is 0 Å². The van der Waals surface area contributed by atoms with Crippen LogP contribution in [0.1, 0.15) is 5.56 Å². The van der Waals surface area contributed by atoms with Crippen molar-refractivity contribution in [2.75, 3.05) is 16.7 Å². The molecule has 0 bridgehead atoms. The number of halogens is 3. The second-order valence-electron chi connectivity index (χ2n) is 4.75. The zero-order valence-electron chi connectivity index (χ0n) is 11.5.